The van der Waals surface area contributed by atoms with Gasteiger partial charge in [0.2, 0.25) is 0 Å². The lowest BCUT2D eigenvalue weighted by atomic mass is 10.1. The lowest BCUT2D eigenvalue weighted by Gasteiger charge is -2.26. The number of ether oxygens (including phenoxy) is 2. The number of nitrogens with one attached hydrogen (secondary N) is 2. The van der Waals surface area contributed by atoms with E-state index in [1.54, 1.807) is 6.92 Å². The van der Waals surface area contributed by atoms with Crippen molar-refractivity contribution in [1.82, 2.24) is 10.6 Å². The molecule has 9 nitrogen and oxygen atoms in total. The van der Waals surface area contributed by atoms with Gasteiger partial charge in [-0.2, -0.15) is 0 Å². The highest BCUT2D eigenvalue weighted by molar-refractivity contribution is 7.47. The maximum absolute atomic E-state index is 12.2. The summed E-state index contributed by atoms with van der Waals surface area (Å²) in [6.45, 7) is 1.90. The van der Waals surface area contributed by atoms with Crippen molar-refractivity contribution in [1.29, 1.82) is 0 Å². The lowest BCUT2D eigenvalue weighted by Crippen LogP contribution is -2.47. The van der Waals surface area contributed by atoms with Crippen LogP contribution in [0.2, 0.25) is 0 Å². The first-order valence-electron chi connectivity index (χ1n) is 11.5. The van der Waals surface area contributed by atoms with E-state index in [-0.39, 0.29) is 12.5 Å². The van der Waals surface area contributed by atoms with E-state index < -0.39 is 32.1 Å². The van der Waals surface area contributed by atoms with E-state index in [0.29, 0.717) is 6.42 Å². The molecule has 1 aliphatic rings. The molecule has 204 valence electrons. The van der Waals surface area contributed by atoms with E-state index in [2.05, 4.69) is 134 Å². The molecule has 1 aliphatic carbocycles. The molecule has 1 rings (SSSR count). The van der Waals surface area contributed by atoms with Crippen molar-refractivity contribution in [2.45, 2.75) is 31.6 Å². The van der Waals surface area contributed by atoms with Crippen molar-refractivity contribution in [2.24, 2.45) is 5.92 Å². The van der Waals surface area contributed by atoms with Crippen LogP contribution in [0.3, 0.4) is 0 Å². The topological polar surface area (TPSA) is 115 Å². The van der Waals surface area contributed by atoms with Gasteiger partial charge in [0, 0.05) is 92.5 Å². The van der Waals surface area contributed by atoms with Crippen molar-refractivity contribution in [3.8, 4) is 119 Å². The monoisotopic (exact) mass is 566 g/mol. The molecule has 1 fully saturated rings. The van der Waals surface area contributed by atoms with Crippen LogP contribution in [0.4, 0.5) is 4.79 Å². The first kappa shape index (κ1) is 33.9. The highest BCUT2D eigenvalue weighted by Crippen LogP contribution is 2.48. The van der Waals surface area contributed by atoms with Gasteiger partial charge < -0.3 is 19.7 Å². The zero-order valence-electron chi connectivity index (χ0n) is 22.6. The summed E-state index contributed by atoms with van der Waals surface area (Å²) in [5, 5.41) is 5.03. The Kier molecular flexibility index (Phi) is 17.2. The molecule has 0 radical (unpaired) electrons. The van der Waals surface area contributed by atoms with Crippen LogP contribution in [0.5, 0.6) is 0 Å². The summed E-state index contributed by atoms with van der Waals surface area (Å²) in [5.74, 6) is 47.0. The summed E-state index contributed by atoms with van der Waals surface area (Å²) in [6, 6.07) is 1.21. The number of hydrogen-bond acceptors (Lipinski definition) is 6. The molecular weight excluding hydrogens is 543 g/mol. The minimum Gasteiger partial charge on any atom is -0.384 e. The highest BCUT2D eigenvalue weighted by atomic mass is 31.2. The summed E-state index contributed by atoms with van der Waals surface area (Å²) in [5.41, 5.74) is 0. The molecule has 0 aromatic heterocycles. The van der Waals surface area contributed by atoms with Gasteiger partial charge in [-0.3, -0.25) is 14.4 Å². The molecule has 41 heavy (non-hydrogen) atoms. The maximum Gasteiger partial charge on any atom is 0.472 e. The third-order valence-electron chi connectivity index (χ3n) is 4.62. The van der Waals surface area contributed by atoms with E-state index >= 15 is 0 Å². The second kappa shape index (κ2) is 20.8. The smallest absolute Gasteiger partial charge is 0.384 e. The molecule has 0 heterocycles. The summed E-state index contributed by atoms with van der Waals surface area (Å²) in [4.78, 5) is 22.0. The van der Waals surface area contributed by atoms with Crippen molar-refractivity contribution in [2.75, 3.05) is 27.9 Å². The predicted octanol–water partition coefficient (Wildman–Crippen LogP) is 0.479. The van der Waals surface area contributed by atoms with Crippen LogP contribution in [-0.2, 0) is 23.1 Å². The van der Waals surface area contributed by atoms with Gasteiger partial charge in [0.1, 0.15) is 12.2 Å². The van der Waals surface area contributed by atoms with Crippen molar-refractivity contribution in [3.05, 3.63) is 0 Å². The van der Waals surface area contributed by atoms with Gasteiger partial charge >= 0.3 is 13.9 Å². The number of carbonyl (C=O) groups excluding carboxylic acids is 1. The molecule has 0 aromatic carbocycles. The largest absolute Gasteiger partial charge is 0.472 e. The van der Waals surface area contributed by atoms with Crippen molar-refractivity contribution < 1.29 is 32.8 Å². The Morgan fingerprint density at radius 3 is 1.66 bits per heavy atom. The Bertz CT molecular complexity index is 1650. The lowest BCUT2D eigenvalue weighted by molar-refractivity contribution is -0.0286. The Hall–Kier alpha value is -5.10. The van der Waals surface area contributed by atoms with E-state index in [0.717, 1.165) is 7.11 Å². The molecular formula is C31H23N2O7P. The van der Waals surface area contributed by atoms with Gasteiger partial charge in [0.05, 0.1) is 12.6 Å². The average Bonchev–Trinajstić information content (AvgIpc) is 3.26. The van der Waals surface area contributed by atoms with Crippen LogP contribution in [0.1, 0.15) is 13.3 Å². The number of carbonyl (C=O) groups is 1. The molecule has 0 aromatic rings. The third kappa shape index (κ3) is 15.2. The number of urea groups is 1. The van der Waals surface area contributed by atoms with Gasteiger partial charge in [-0.1, -0.05) is 5.92 Å². The summed E-state index contributed by atoms with van der Waals surface area (Å²) >= 11 is 0. The fraction of sp³-hybridized carbons (Fsp3) is 0.323. The zero-order valence-corrected chi connectivity index (χ0v) is 23.5. The predicted molar refractivity (Wildman–Crippen MR) is 151 cm³/mol. The van der Waals surface area contributed by atoms with Crippen LogP contribution < -0.4 is 10.6 Å². The van der Waals surface area contributed by atoms with Crippen LogP contribution >= 0.6 is 7.82 Å². The van der Waals surface area contributed by atoms with Crippen LogP contribution in [-0.4, -0.2) is 57.1 Å². The van der Waals surface area contributed by atoms with E-state index in [1.165, 1.54) is 14.2 Å². The number of hydrogen-bond donors (Lipinski definition) is 3. The second-order valence-corrected chi connectivity index (χ2v) is 8.72. The third-order valence-corrected chi connectivity index (χ3v) is 5.59. The molecule has 1 saturated carbocycles. The summed E-state index contributed by atoms with van der Waals surface area (Å²) in [7, 11) is -0.352. The number of amides is 2. The quantitative estimate of drug-likeness (QED) is 0.233. The fourth-order valence-electron chi connectivity index (χ4n) is 3.14. The molecule has 3 N–H and O–H groups in total. The van der Waals surface area contributed by atoms with Crippen LogP contribution in [0.25, 0.3) is 0 Å². The van der Waals surface area contributed by atoms with Gasteiger partial charge in [0.15, 0.2) is 0 Å². The van der Waals surface area contributed by atoms with Crippen molar-refractivity contribution in [3.63, 3.8) is 0 Å². The van der Waals surface area contributed by atoms with E-state index in [4.69, 9.17) is 14.0 Å². The molecule has 2 amide bonds. The Labute approximate surface area is 241 Å². The standard InChI is InChI=1S/C31H23N2O7P/c1-5-6-7-8-9-10-11-12-13-14-15-16-17-18-19-20-21-22-23-24-32-31(34)33-28-25-27(26-37-2)29(30(28)38-3)40-41(35,36)39-4/h27-30H,25-26H2,1-4H3,(H,35,36)(H2,32,33,34)/t27-,28-,29?,30-/m1/s1. The molecule has 0 aliphatic heterocycles. The second-order valence-electron chi connectivity index (χ2n) is 7.20. The Morgan fingerprint density at radius 1 is 0.780 bits per heavy atom. The van der Waals surface area contributed by atoms with Gasteiger partial charge in [-0.25, -0.2) is 9.36 Å². The Morgan fingerprint density at radius 2 is 1.24 bits per heavy atom. The average molecular weight is 567 g/mol. The zero-order chi connectivity index (χ0) is 30.2. The SMILES string of the molecule is CC#CC#CC#CC#CC#CC#CC#CC#CC#CC#CNC(=O)N[C@@H]1C[C@H](COC)C(OP(=O)(O)OC)[C@@H]1OC. The number of phosphoric ester groups is 1. The highest BCUT2D eigenvalue weighted by Gasteiger charge is 2.48. The van der Waals surface area contributed by atoms with Crippen LogP contribution in [0.15, 0.2) is 0 Å². The van der Waals surface area contributed by atoms with Crippen molar-refractivity contribution >= 4 is 13.9 Å². The van der Waals surface area contributed by atoms with E-state index in [1.807, 2.05) is 0 Å². The Balaban J connectivity index is 2.57. The normalized spacial score (nSPS) is 18.2. The summed E-state index contributed by atoms with van der Waals surface area (Å²) in [6.07, 6.45) is -1.22. The molecule has 10 heteroatoms. The fourth-order valence-corrected chi connectivity index (χ4v) is 3.82. The summed E-state index contributed by atoms with van der Waals surface area (Å²) < 4.78 is 32.3. The first-order valence-corrected chi connectivity index (χ1v) is 12.9. The number of phosphoric acid groups is 1. The molecule has 2 unspecified atom stereocenters. The molecule has 5 atom stereocenters. The molecule has 0 saturated heterocycles. The molecule has 0 bridgehead atoms. The maximum atomic E-state index is 12.2. The van der Waals surface area contributed by atoms with Gasteiger partial charge in [-0.05, 0) is 60.7 Å². The van der Waals surface area contributed by atoms with E-state index in [9.17, 15) is 14.3 Å². The number of methoxy groups -OCH3 is 2. The van der Waals surface area contributed by atoms with Gasteiger partial charge in [0.25, 0.3) is 0 Å². The van der Waals surface area contributed by atoms with Crippen LogP contribution in [0, 0.1) is 124 Å². The molecule has 0 spiro atoms. The number of rotatable bonds is 7. The minimum atomic E-state index is -4.29. The first-order chi connectivity index (χ1) is 19.9. The van der Waals surface area contributed by atoms with Gasteiger partial charge in [-0.15, -0.1) is 0 Å². The minimum absolute atomic E-state index is 0.216.